The van der Waals surface area contributed by atoms with Gasteiger partial charge in [-0.05, 0) is 38.0 Å². The molecule has 0 saturated carbocycles. The molecule has 0 amide bonds. The average molecular weight is 365 g/mol. The van der Waals surface area contributed by atoms with Gasteiger partial charge >= 0.3 is 18.1 Å². The number of hydrogen-bond acceptors (Lipinski definition) is 3. The molecule has 0 aliphatic carbocycles. The van der Waals surface area contributed by atoms with E-state index in [1.165, 1.54) is 0 Å². The van der Waals surface area contributed by atoms with Crippen LogP contribution in [0.25, 0.3) is 0 Å². The second-order valence-corrected chi connectivity index (χ2v) is 7.29. The van der Waals surface area contributed by atoms with Crippen molar-refractivity contribution in [2.75, 3.05) is 0 Å². The summed E-state index contributed by atoms with van der Waals surface area (Å²) in [5.74, 6) is -4.37. The highest BCUT2D eigenvalue weighted by molar-refractivity contribution is 6.10. The summed E-state index contributed by atoms with van der Waals surface area (Å²) in [4.78, 5) is 27.8. The van der Waals surface area contributed by atoms with Gasteiger partial charge in [0, 0.05) is 0 Å². The Kier molecular flexibility index (Phi) is 5.97. The molecule has 25 heavy (non-hydrogen) atoms. The first kappa shape index (κ1) is 21.4. The summed E-state index contributed by atoms with van der Waals surface area (Å²) in [6, 6.07) is -1.12. The second kappa shape index (κ2) is 6.96. The van der Waals surface area contributed by atoms with Crippen molar-refractivity contribution in [2.45, 2.75) is 66.1 Å². The van der Waals surface area contributed by atoms with Crippen LogP contribution in [0.5, 0.6) is 0 Å². The highest BCUT2D eigenvalue weighted by Gasteiger charge is 2.67. The predicted molar refractivity (Wildman–Crippen MR) is 86.6 cm³/mol. The molecule has 0 saturated heterocycles. The molecule has 0 aromatic rings. The minimum Gasteiger partial charge on any atom is -0.481 e. The van der Waals surface area contributed by atoms with Crippen molar-refractivity contribution in [1.82, 2.24) is 0 Å². The Hall–Kier alpha value is -1.60. The Morgan fingerprint density at radius 2 is 1.72 bits per heavy atom. The van der Waals surface area contributed by atoms with E-state index < -0.39 is 46.6 Å². The zero-order chi connectivity index (χ0) is 19.8. The number of halogens is 3. The van der Waals surface area contributed by atoms with Crippen molar-refractivity contribution in [3.05, 3.63) is 0 Å². The van der Waals surface area contributed by atoms with Gasteiger partial charge in [0.1, 0.15) is 11.1 Å². The Balaban J connectivity index is 3.90. The summed E-state index contributed by atoms with van der Waals surface area (Å²) < 4.78 is 40.9. The fourth-order valence-corrected chi connectivity index (χ4v) is 4.23. The zero-order valence-electron chi connectivity index (χ0n) is 15.1. The maximum atomic E-state index is 13.6. The highest BCUT2D eigenvalue weighted by Crippen LogP contribution is 2.56. The number of aliphatic imine (C=N–C) groups is 1. The lowest BCUT2D eigenvalue weighted by atomic mass is 9.52. The van der Waals surface area contributed by atoms with Crippen LogP contribution in [0.3, 0.4) is 0 Å². The number of aliphatic carboxylic acids is 2. The summed E-state index contributed by atoms with van der Waals surface area (Å²) in [6.07, 6.45) is -4.79. The summed E-state index contributed by atoms with van der Waals surface area (Å²) in [5.41, 5.74) is -5.45. The fourth-order valence-electron chi connectivity index (χ4n) is 4.23. The molecule has 1 heterocycles. The van der Waals surface area contributed by atoms with Crippen LogP contribution in [0, 0.1) is 22.7 Å². The smallest absolute Gasteiger partial charge is 0.430 e. The molecule has 1 aliphatic rings. The van der Waals surface area contributed by atoms with Gasteiger partial charge in [-0.2, -0.15) is 13.2 Å². The molecular formula is C17H26F3NO4. The molecule has 0 radical (unpaired) electrons. The summed E-state index contributed by atoms with van der Waals surface area (Å²) in [6.45, 7) is 7.59. The molecule has 0 aromatic carbocycles. The zero-order valence-corrected chi connectivity index (χ0v) is 15.1. The number of carboxylic acids is 2. The van der Waals surface area contributed by atoms with E-state index in [-0.39, 0.29) is 25.2 Å². The first-order valence-electron chi connectivity index (χ1n) is 8.42. The minimum absolute atomic E-state index is 0.00966. The molecule has 1 rings (SSSR count). The van der Waals surface area contributed by atoms with Crippen LogP contribution in [-0.2, 0) is 9.59 Å². The van der Waals surface area contributed by atoms with E-state index in [0.29, 0.717) is 0 Å². The van der Waals surface area contributed by atoms with Gasteiger partial charge in [-0.3, -0.25) is 14.6 Å². The molecular weight excluding hydrogens is 339 g/mol. The number of carboxylic acid groups (broad SMARTS) is 2. The summed E-state index contributed by atoms with van der Waals surface area (Å²) >= 11 is 0. The largest absolute Gasteiger partial charge is 0.481 e. The van der Waals surface area contributed by atoms with Crippen LogP contribution in [0.15, 0.2) is 4.99 Å². The van der Waals surface area contributed by atoms with Gasteiger partial charge in [-0.1, -0.05) is 27.7 Å². The molecule has 0 spiro atoms. The van der Waals surface area contributed by atoms with Gasteiger partial charge in [-0.25, -0.2) is 0 Å². The van der Waals surface area contributed by atoms with E-state index in [1.54, 1.807) is 27.7 Å². The molecule has 0 bridgehead atoms. The second-order valence-electron chi connectivity index (χ2n) is 7.29. The first-order valence-corrected chi connectivity index (χ1v) is 8.42. The number of nitrogens with zero attached hydrogens (tertiary/aromatic N) is 1. The van der Waals surface area contributed by atoms with Crippen molar-refractivity contribution < 1.29 is 33.0 Å². The molecule has 4 unspecified atom stereocenters. The molecule has 2 N–H and O–H groups in total. The van der Waals surface area contributed by atoms with Crippen LogP contribution < -0.4 is 0 Å². The van der Waals surface area contributed by atoms with Crippen LogP contribution in [-0.4, -0.2) is 40.1 Å². The molecule has 0 aromatic heterocycles. The molecule has 5 nitrogen and oxygen atoms in total. The van der Waals surface area contributed by atoms with Gasteiger partial charge in [-0.15, -0.1) is 0 Å². The van der Waals surface area contributed by atoms with Gasteiger partial charge < -0.3 is 10.2 Å². The van der Waals surface area contributed by atoms with Crippen molar-refractivity contribution in [2.24, 2.45) is 27.7 Å². The van der Waals surface area contributed by atoms with E-state index in [4.69, 9.17) is 0 Å². The Morgan fingerprint density at radius 3 is 2.00 bits per heavy atom. The van der Waals surface area contributed by atoms with Crippen molar-refractivity contribution in [3.8, 4) is 0 Å². The van der Waals surface area contributed by atoms with Gasteiger partial charge in [0.15, 0.2) is 0 Å². The van der Waals surface area contributed by atoms with E-state index in [9.17, 15) is 33.0 Å². The number of alkyl halides is 3. The van der Waals surface area contributed by atoms with Gasteiger partial charge in [0.05, 0.1) is 11.5 Å². The third-order valence-corrected chi connectivity index (χ3v) is 5.48. The fraction of sp³-hybridized carbons (Fsp3) is 0.824. The highest BCUT2D eigenvalue weighted by atomic mass is 19.4. The van der Waals surface area contributed by atoms with Crippen molar-refractivity contribution >= 4 is 17.7 Å². The minimum atomic E-state index is -4.94. The van der Waals surface area contributed by atoms with E-state index in [0.717, 1.165) is 6.92 Å². The van der Waals surface area contributed by atoms with Crippen molar-refractivity contribution in [3.63, 3.8) is 0 Å². The maximum absolute atomic E-state index is 13.6. The Morgan fingerprint density at radius 1 is 1.20 bits per heavy atom. The SMILES string of the molecule is CCC1N=C(C(F)(F)F)C(C)(C(=O)O)C(CC(C)C)C1(CC)C(=O)O. The van der Waals surface area contributed by atoms with Crippen LogP contribution in [0.2, 0.25) is 0 Å². The average Bonchev–Trinajstić information content (AvgIpc) is 2.46. The normalized spacial score (nSPS) is 33.2. The number of rotatable bonds is 6. The Bertz CT molecular complexity index is 573. The third-order valence-electron chi connectivity index (χ3n) is 5.48. The van der Waals surface area contributed by atoms with E-state index >= 15 is 0 Å². The van der Waals surface area contributed by atoms with E-state index in [2.05, 4.69) is 4.99 Å². The van der Waals surface area contributed by atoms with Crippen LogP contribution in [0.1, 0.15) is 53.9 Å². The lowest BCUT2D eigenvalue weighted by Crippen LogP contribution is -2.63. The lowest BCUT2D eigenvalue weighted by molar-refractivity contribution is -0.169. The first-order chi connectivity index (χ1) is 11.3. The number of carbonyl (C=O) groups is 2. The molecule has 0 fully saturated rings. The maximum Gasteiger partial charge on any atom is 0.430 e. The third kappa shape index (κ3) is 3.27. The van der Waals surface area contributed by atoms with Crippen molar-refractivity contribution in [1.29, 1.82) is 0 Å². The standard InChI is InChI=1S/C17H26F3NO4/c1-6-11-16(7-2,14(24)25)10(8-9(3)4)15(5,13(22)23)12(21-11)17(18,19)20/h9-11H,6-8H2,1-5H3,(H,22,23)(H,24,25). The Labute approximate surface area is 145 Å². The van der Waals surface area contributed by atoms with Crippen LogP contribution in [0.4, 0.5) is 13.2 Å². The monoisotopic (exact) mass is 365 g/mol. The van der Waals surface area contributed by atoms with Gasteiger partial charge in [0.2, 0.25) is 0 Å². The summed E-state index contributed by atoms with van der Waals surface area (Å²) in [7, 11) is 0. The van der Waals surface area contributed by atoms with Gasteiger partial charge in [0.25, 0.3) is 0 Å². The molecule has 4 atom stereocenters. The molecule has 144 valence electrons. The van der Waals surface area contributed by atoms with Crippen LogP contribution >= 0.6 is 0 Å². The summed E-state index contributed by atoms with van der Waals surface area (Å²) in [5, 5.41) is 19.6. The molecule has 8 heteroatoms. The van der Waals surface area contributed by atoms with E-state index in [1.807, 2.05) is 0 Å². The predicted octanol–water partition coefficient (Wildman–Crippen LogP) is 4.02. The molecule has 1 aliphatic heterocycles. The quantitative estimate of drug-likeness (QED) is 0.744. The topological polar surface area (TPSA) is 87.0 Å². The number of hydrogen-bond donors (Lipinski definition) is 2. The lowest BCUT2D eigenvalue weighted by Gasteiger charge is -2.52.